The largest absolute Gasteiger partial charge is 0.480 e. The van der Waals surface area contributed by atoms with Gasteiger partial charge in [0.1, 0.15) is 5.54 Å². The normalized spacial score (nSPS) is 13.9. The summed E-state index contributed by atoms with van der Waals surface area (Å²) >= 11 is 0. The molecule has 0 saturated heterocycles. The molecule has 1 rings (SSSR count). The van der Waals surface area contributed by atoms with Crippen LogP contribution in [0, 0.1) is 0 Å². The number of nitrogens with two attached hydrogens (primary N) is 1. The number of rotatable bonds is 12. The van der Waals surface area contributed by atoms with Gasteiger partial charge in [-0.15, -0.1) is 24.8 Å². The van der Waals surface area contributed by atoms with Crippen molar-refractivity contribution in [1.29, 1.82) is 0 Å². The quantitative estimate of drug-likeness (QED) is 0.253. The number of benzene rings is 1. The number of aliphatic hydroxyl groups is 1. The number of aliphatic hydroxyl groups excluding tert-OH is 1. The second-order valence-electron chi connectivity index (χ2n) is 6.63. The number of aliphatic carboxylic acids is 1. The predicted molar refractivity (Wildman–Crippen MR) is 111 cm³/mol. The maximum atomic E-state index is 11.5. The summed E-state index contributed by atoms with van der Waals surface area (Å²) in [6.45, 7) is 0.825. The molecule has 0 spiro atoms. The van der Waals surface area contributed by atoms with E-state index < -0.39 is 24.7 Å². The average Bonchev–Trinajstić information content (AvgIpc) is 2.57. The van der Waals surface area contributed by atoms with Crippen LogP contribution in [0.1, 0.15) is 37.4 Å². The lowest BCUT2D eigenvalue weighted by Crippen LogP contribution is -2.50. The molecule has 0 aliphatic heterocycles. The van der Waals surface area contributed by atoms with Gasteiger partial charge in [0.2, 0.25) is 0 Å². The van der Waals surface area contributed by atoms with Crippen LogP contribution in [0.2, 0.25) is 6.32 Å². The van der Waals surface area contributed by atoms with Crippen LogP contribution in [0.15, 0.2) is 30.3 Å². The number of likely N-dealkylation sites (N-methyl/N-ethyl adjacent to an activating group) is 1. The minimum Gasteiger partial charge on any atom is -0.480 e. The molecule has 10 heteroatoms. The van der Waals surface area contributed by atoms with E-state index in [0.717, 1.165) is 5.56 Å². The number of halogens is 2. The fourth-order valence-electron chi connectivity index (χ4n) is 2.66. The Labute approximate surface area is 173 Å². The molecule has 0 aliphatic rings. The summed E-state index contributed by atoms with van der Waals surface area (Å²) in [5.41, 5.74) is 5.49. The highest BCUT2D eigenvalue weighted by Crippen LogP contribution is 2.19. The molecule has 0 amide bonds. The number of hydrogen-bond acceptors (Lipinski definition) is 6. The lowest BCUT2D eigenvalue weighted by Gasteiger charge is -2.28. The number of nitrogens with zero attached hydrogens (tertiary/aromatic N) is 1. The van der Waals surface area contributed by atoms with E-state index in [0.29, 0.717) is 25.9 Å². The second kappa shape index (κ2) is 14.2. The van der Waals surface area contributed by atoms with E-state index in [1.165, 1.54) is 0 Å². The third-order valence-electron chi connectivity index (χ3n) is 4.37. The van der Waals surface area contributed by atoms with Gasteiger partial charge in [-0.2, -0.15) is 0 Å². The minimum atomic E-state index is -1.37. The Balaban J connectivity index is 0. The summed E-state index contributed by atoms with van der Waals surface area (Å²) in [5.74, 6) is -1.06. The molecule has 0 fully saturated rings. The molecule has 1 aromatic rings. The first kappa shape index (κ1) is 28.3. The lowest BCUT2D eigenvalue weighted by molar-refractivity contribution is -0.144. The van der Waals surface area contributed by atoms with E-state index in [1.807, 2.05) is 42.3 Å². The standard InChI is InChI=1S/C17H29BN2O5.2ClH/c1-20(13-15(21)14-7-3-2-4-8-14)12-10-17(19,16(22)23)9-5-6-11-18(24)25;;/h2-4,7-8,15,21,24-25H,5-6,9-13,19H2,1H3,(H,22,23);2*1H. The Hall–Kier alpha value is -0.865. The molecule has 156 valence electrons. The Bertz CT molecular complexity index is 527. The molecule has 0 aliphatic carbocycles. The van der Waals surface area contributed by atoms with E-state index in [-0.39, 0.29) is 44.0 Å². The lowest BCUT2D eigenvalue weighted by atomic mass is 9.81. The SMILES string of the molecule is CN(CCC(N)(CCCCB(O)O)C(=O)O)CC(O)c1ccccc1.Cl.Cl. The molecule has 0 heterocycles. The zero-order chi connectivity index (χ0) is 18.9. The van der Waals surface area contributed by atoms with Crippen LogP contribution >= 0.6 is 24.8 Å². The molecule has 0 bridgehead atoms. The van der Waals surface area contributed by atoms with Crippen molar-refractivity contribution in [2.45, 2.75) is 43.6 Å². The second-order valence-corrected chi connectivity index (χ2v) is 6.63. The number of carboxylic acids is 1. The molecule has 7 nitrogen and oxygen atoms in total. The van der Waals surface area contributed by atoms with Crippen LogP contribution in [0.5, 0.6) is 0 Å². The maximum Gasteiger partial charge on any atom is 0.451 e. The highest BCUT2D eigenvalue weighted by Gasteiger charge is 2.33. The summed E-state index contributed by atoms with van der Waals surface area (Å²) in [4.78, 5) is 13.4. The average molecular weight is 425 g/mol. The van der Waals surface area contributed by atoms with Crippen LogP contribution in [0.4, 0.5) is 0 Å². The van der Waals surface area contributed by atoms with Gasteiger partial charge in [-0.1, -0.05) is 43.2 Å². The summed E-state index contributed by atoms with van der Waals surface area (Å²) in [6.07, 6.45) is 1.10. The number of carbonyl (C=O) groups is 1. The van der Waals surface area contributed by atoms with Crippen molar-refractivity contribution in [3.8, 4) is 0 Å². The van der Waals surface area contributed by atoms with Gasteiger partial charge in [0.15, 0.2) is 0 Å². The summed E-state index contributed by atoms with van der Waals surface area (Å²) in [5, 5.41) is 37.3. The molecule has 0 saturated carbocycles. The van der Waals surface area contributed by atoms with Crippen molar-refractivity contribution in [3.05, 3.63) is 35.9 Å². The molecule has 6 N–H and O–H groups in total. The topological polar surface area (TPSA) is 127 Å². The fraction of sp³-hybridized carbons (Fsp3) is 0.588. The van der Waals surface area contributed by atoms with E-state index in [2.05, 4.69) is 0 Å². The van der Waals surface area contributed by atoms with Crippen LogP contribution < -0.4 is 5.73 Å². The van der Waals surface area contributed by atoms with Crippen LogP contribution in [-0.2, 0) is 4.79 Å². The summed E-state index contributed by atoms with van der Waals surface area (Å²) < 4.78 is 0. The first-order valence-electron chi connectivity index (χ1n) is 8.54. The van der Waals surface area contributed by atoms with Crippen LogP contribution in [0.3, 0.4) is 0 Å². The monoisotopic (exact) mass is 424 g/mol. The number of hydrogen-bond donors (Lipinski definition) is 5. The van der Waals surface area contributed by atoms with Crippen molar-refractivity contribution >= 4 is 37.9 Å². The first-order chi connectivity index (χ1) is 11.7. The van der Waals surface area contributed by atoms with E-state index in [9.17, 15) is 15.0 Å². The van der Waals surface area contributed by atoms with Crippen molar-refractivity contribution in [1.82, 2.24) is 4.90 Å². The van der Waals surface area contributed by atoms with E-state index >= 15 is 0 Å². The smallest absolute Gasteiger partial charge is 0.451 e. The van der Waals surface area contributed by atoms with Crippen molar-refractivity contribution in [2.24, 2.45) is 5.73 Å². The molecule has 0 aromatic heterocycles. The Kier molecular flexibility index (Phi) is 14.9. The third kappa shape index (κ3) is 10.9. The summed E-state index contributed by atoms with van der Waals surface area (Å²) in [7, 11) is 0.443. The van der Waals surface area contributed by atoms with Gasteiger partial charge in [0, 0.05) is 13.1 Å². The van der Waals surface area contributed by atoms with Crippen molar-refractivity contribution in [2.75, 3.05) is 20.1 Å². The zero-order valence-corrected chi connectivity index (χ0v) is 17.2. The fourth-order valence-corrected chi connectivity index (χ4v) is 2.66. The van der Waals surface area contributed by atoms with Gasteiger partial charge < -0.3 is 30.9 Å². The summed E-state index contributed by atoms with van der Waals surface area (Å²) in [6, 6.07) is 9.29. The first-order valence-corrected chi connectivity index (χ1v) is 8.54. The zero-order valence-electron chi connectivity index (χ0n) is 15.5. The Morgan fingerprint density at radius 1 is 1.19 bits per heavy atom. The highest BCUT2D eigenvalue weighted by atomic mass is 35.5. The van der Waals surface area contributed by atoms with Gasteiger partial charge in [0.25, 0.3) is 0 Å². The highest BCUT2D eigenvalue weighted by molar-refractivity contribution is 6.40. The van der Waals surface area contributed by atoms with E-state index in [4.69, 9.17) is 15.8 Å². The van der Waals surface area contributed by atoms with E-state index in [1.54, 1.807) is 0 Å². The third-order valence-corrected chi connectivity index (χ3v) is 4.37. The number of unbranched alkanes of at least 4 members (excludes halogenated alkanes) is 1. The molecule has 0 radical (unpaired) electrons. The number of carboxylic acid groups (broad SMARTS) is 1. The van der Waals surface area contributed by atoms with Crippen LogP contribution in [0.25, 0.3) is 0 Å². The van der Waals surface area contributed by atoms with Gasteiger partial charge in [-0.3, -0.25) is 4.79 Å². The molecule has 2 atom stereocenters. The van der Waals surface area contributed by atoms with Crippen molar-refractivity contribution in [3.63, 3.8) is 0 Å². The molecule has 2 unspecified atom stereocenters. The minimum absolute atomic E-state index is 0. The molecule has 27 heavy (non-hydrogen) atoms. The molecular weight excluding hydrogens is 394 g/mol. The van der Waals surface area contributed by atoms with Gasteiger partial charge >= 0.3 is 13.1 Å². The Morgan fingerprint density at radius 3 is 2.30 bits per heavy atom. The Morgan fingerprint density at radius 2 is 1.78 bits per heavy atom. The van der Waals surface area contributed by atoms with Gasteiger partial charge in [-0.25, -0.2) is 0 Å². The predicted octanol–water partition coefficient (Wildman–Crippen LogP) is 1.31. The van der Waals surface area contributed by atoms with Gasteiger partial charge in [-0.05, 0) is 31.8 Å². The van der Waals surface area contributed by atoms with Gasteiger partial charge in [0.05, 0.1) is 6.10 Å². The van der Waals surface area contributed by atoms with Crippen molar-refractivity contribution < 1.29 is 25.1 Å². The molecular formula is C17H31BCl2N2O5. The van der Waals surface area contributed by atoms with Crippen LogP contribution in [-0.4, -0.2) is 63.9 Å². The molecule has 1 aromatic carbocycles. The maximum absolute atomic E-state index is 11.5.